The molecule has 2 aromatic carbocycles. The van der Waals surface area contributed by atoms with Crippen LogP contribution in [-0.2, 0) is 0 Å². The number of aromatic hydroxyl groups is 2. The van der Waals surface area contributed by atoms with Gasteiger partial charge in [-0.15, -0.1) is 0 Å². The number of benzene rings is 2. The molecule has 0 fully saturated rings. The SMILES string of the molecule is C=C(/C=C/C(Cl)=C/C=C1\Sc2cc(O)ccc2N1C)Sc1cc(O)ccc1C. The van der Waals surface area contributed by atoms with Crippen LogP contribution in [0.3, 0.4) is 0 Å². The minimum absolute atomic E-state index is 0.238. The summed E-state index contributed by atoms with van der Waals surface area (Å²) in [5, 5.41) is 20.9. The second-order valence-corrected chi connectivity index (χ2v) is 8.89. The monoisotopic (exact) mass is 429 g/mol. The largest absolute Gasteiger partial charge is 0.508 e. The number of hydrogen-bond acceptors (Lipinski definition) is 5. The van der Waals surface area contributed by atoms with Gasteiger partial charge in [-0.05, 0) is 67.1 Å². The first-order chi connectivity index (χ1) is 13.3. The molecule has 0 amide bonds. The number of nitrogens with zero attached hydrogens (tertiary/aromatic N) is 1. The Morgan fingerprint density at radius 3 is 2.64 bits per heavy atom. The summed E-state index contributed by atoms with van der Waals surface area (Å²) in [6.07, 6.45) is 7.43. The lowest BCUT2D eigenvalue weighted by Crippen LogP contribution is -2.08. The van der Waals surface area contributed by atoms with Gasteiger partial charge in [-0.2, -0.15) is 0 Å². The maximum Gasteiger partial charge on any atom is 0.116 e. The van der Waals surface area contributed by atoms with E-state index < -0.39 is 0 Å². The minimum Gasteiger partial charge on any atom is -0.508 e. The molecule has 0 bridgehead atoms. The highest BCUT2D eigenvalue weighted by Crippen LogP contribution is 2.46. The third-order valence-corrected chi connectivity index (χ3v) is 6.55. The van der Waals surface area contributed by atoms with E-state index in [9.17, 15) is 10.2 Å². The molecule has 0 radical (unpaired) electrons. The first-order valence-electron chi connectivity index (χ1n) is 8.50. The average molecular weight is 430 g/mol. The molecule has 1 heterocycles. The Morgan fingerprint density at radius 2 is 1.86 bits per heavy atom. The van der Waals surface area contributed by atoms with Crippen molar-refractivity contribution in [2.24, 2.45) is 0 Å². The van der Waals surface area contributed by atoms with E-state index in [2.05, 4.69) is 11.5 Å². The van der Waals surface area contributed by atoms with Crippen molar-refractivity contribution in [2.45, 2.75) is 16.7 Å². The lowest BCUT2D eigenvalue weighted by atomic mass is 10.2. The molecular weight excluding hydrogens is 410 g/mol. The summed E-state index contributed by atoms with van der Waals surface area (Å²) >= 11 is 9.39. The summed E-state index contributed by atoms with van der Waals surface area (Å²) in [5.41, 5.74) is 2.14. The second-order valence-electron chi connectivity index (χ2n) is 6.22. The van der Waals surface area contributed by atoms with Crippen molar-refractivity contribution >= 4 is 40.8 Å². The highest BCUT2D eigenvalue weighted by atomic mass is 35.5. The number of halogens is 1. The first-order valence-corrected chi connectivity index (χ1v) is 10.5. The summed E-state index contributed by atoms with van der Waals surface area (Å²) < 4.78 is 0. The summed E-state index contributed by atoms with van der Waals surface area (Å²) in [7, 11) is 1.98. The van der Waals surface area contributed by atoms with Gasteiger partial charge in [-0.3, -0.25) is 0 Å². The molecule has 2 aromatic rings. The Kier molecular flexibility index (Phi) is 6.50. The number of anilines is 1. The van der Waals surface area contributed by atoms with Gasteiger partial charge in [0.25, 0.3) is 0 Å². The third kappa shape index (κ3) is 4.98. The third-order valence-electron chi connectivity index (χ3n) is 4.08. The van der Waals surface area contributed by atoms with E-state index in [1.165, 1.54) is 11.8 Å². The fourth-order valence-electron chi connectivity index (χ4n) is 2.56. The topological polar surface area (TPSA) is 43.7 Å². The van der Waals surface area contributed by atoms with E-state index in [4.69, 9.17) is 11.6 Å². The molecule has 0 aromatic heterocycles. The standard InChI is InChI=1S/C22H20ClNO2S2/c1-14-4-8-17(25)12-20(14)27-15(2)5-6-16(23)7-11-22-24(3)19-10-9-18(26)13-21(19)28-22/h4-13,25-26H,2H2,1,3H3/b6-5+,16-7-,22-11-. The molecule has 1 aliphatic heterocycles. The molecule has 144 valence electrons. The van der Waals surface area contributed by atoms with Crippen LogP contribution >= 0.6 is 35.1 Å². The highest BCUT2D eigenvalue weighted by molar-refractivity contribution is 8.03. The molecule has 0 aliphatic carbocycles. The lowest BCUT2D eigenvalue weighted by Gasteiger charge is -2.12. The van der Waals surface area contributed by atoms with Gasteiger partial charge < -0.3 is 15.1 Å². The average Bonchev–Trinajstić information content (AvgIpc) is 2.96. The molecule has 3 nitrogen and oxygen atoms in total. The Labute approximate surface area is 178 Å². The van der Waals surface area contributed by atoms with Crippen molar-refractivity contribution in [2.75, 3.05) is 11.9 Å². The second kappa shape index (κ2) is 8.86. The molecule has 1 aliphatic rings. The quantitative estimate of drug-likeness (QED) is 0.405. The van der Waals surface area contributed by atoms with Gasteiger partial charge in [-0.25, -0.2) is 0 Å². The van der Waals surface area contributed by atoms with Gasteiger partial charge in [0.15, 0.2) is 0 Å². The molecule has 6 heteroatoms. The van der Waals surface area contributed by atoms with Gasteiger partial charge in [0.2, 0.25) is 0 Å². The van der Waals surface area contributed by atoms with Gasteiger partial charge in [-0.1, -0.05) is 47.8 Å². The van der Waals surface area contributed by atoms with Crippen LogP contribution in [0.2, 0.25) is 0 Å². The van der Waals surface area contributed by atoms with Gasteiger partial charge in [0, 0.05) is 26.8 Å². The van der Waals surface area contributed by atoms with Crippen LogP contribution in [0, 0.1) is 6.92 Å². The molecule has 0 unspecified atom stereocenters. The van der Waals surface area contributed by atoms with Crippen LogP contribution in [0.4, 0.5) is 5.69 Å². The molecule has 28 heavy (non-hydrogen) atoms. The van der Waals surface area contributed by atoms with E-state index in [1.807, 2.05) is 44.3 Å². The van der Waals surface area contributed by atoms with E-state index in [0.29, 0.717) is 5.03 Å². The molecule has 3 rings (SSSR count). The van der Waals surface area contributed by atoms with Gasteiger partial charge in [0.1, 0.15) is 11.5 Å². The molecule has 0 atom stereocenters. The lowest BCUT2D eigenvalue weighted by molar-refractivity contribution is 0.473. The smallest absolute Gasteiger partial charge is 0.116 e. The van der Waals surface area contributed by atoms with E-state index in [-0.39, 0.29) is 11.5 Å². The van der Waals surface area contributed by atoms with E-state index >= 15 is 0 Å². The molecular formula is C22H20ClNO2S2. The number of hydrogen-bond donors (Lipinski definition) is 2. The van der Waals surface area contributed by atoms with E-state index in [1.54, 1.807) is 42.1 Å². The van der Waals surface area contributed by atoms with Crippen LogP contribution in [-0.4, -0.2) is 17.3 Å². The number of fused-ring (bicyclic) bond motifs is 1. The van der Waals surface area contributed by atoms with Crippen LogP contribution < -0.4 is 4.90 Å². The Morgan fingerprint density at radius 1 is 1.14 bits per heavy atom. The highest BCUT2D eigenvalue weighted by Gasteiger charge is 2.21. The van der Waals surface area contributed by atoms with Crippen LogP contribution in [0.5, 0.6) is 11.5 Å². The molecule has 0 saturated heterocycles. The normalized spacial score (nSPS) is 15.5. The number of phenols is 2. The molecule has 0 saturated carbocycles. The maximum atomic E-state index is 9.63. The predicted octanol–water partition coefficient (Wildman–Crippen LogP) is 6.77. The summed E-state index contributed by atoms with van der Waals surface area (Å²) in [5.74, 6) is 0.498. The van der Waals surface area contributed by atoms with Crippen molar-refractivity contribution in [3.8, 4) is 11.5 Å². The van der Waals surface area contributed by atoms with Crippen LogP contribution in [0.1, 0.15) is 5.56 Å². The zero-order valence-electron chi connectivity index (χ0n) is 15.5. The van der Waals surface area contributed by atoms with Crippen molar-refractivity contribution in [3.05, 3.63) is 87.8 Å². The zero-order chi connectivity index (χ0) is 20.3. The maximum absolute atomic E-state index is 9.63. The number of aryl methyl sites for hydroxylation is 1. The summed E-state index contributed by atoms with van der Waals surface area (Å²) in [6, 6.07) is 10.6. The van der Waals surface area contributed by atoms with E-state index in [0.717, 1.165) is 31.0 Å². The van der Waals surface area contributed by atoms with Crippen molar-refractivity contribution < 1.29 is 10.2 Å². The number of phenolic OH excluding ortho intramolecular Hbond substituents is 2. The number of thioether (sulfide) groups is 2. The number of rotatable bonds is 5. The Balaban J connectivity index is 1.65. The minimum atomic E-state index is 0.238. The van der Waals surface area contributed by atoms with Crippen molar-refractivity contribution in [1.29, 1.82) is 0 Å². The van der Waals surface area contributed by atoms with Crippen molar-refractivity contribution in [1.82, 2.24) is 0 Å². The predicted molar refractivity (Wildman–Crippen MR) is 121 cm³/mol. The zero-order valence-corrected chi connectivity index (χ0v) is 17.9. The summed E-state index contributed by atoms with van der Waals surface area (Å²) in [6.45, 7) is 6.03. The fraction of sp³-hybridized carbons (Fsp3) is 0.0909. The Hall–Kier alpha value is -2.21. The van der Waals surface area contributed by atoms with Crippen molar-refractivity contribution in [3.63, 3.8) is 0 Å². The van der Waals surface area contributed by atoms with Crippen LogP contribution in [0.15, 0.2) is 92.0 Å². The first kappa shape index (κ1) is 20.5. The molecule has 0 spiro atoms. The fourth-order valence-corrected chi connectivity index (χ4v) is 4.60. The van der Waals surface area contributed by atoms with Gasteiger partial charge in [0.05, 0.1) is 10.7 Å². The molecule has 2 N–H and O–H groups in total. The van der Waals surface area contributed by atoms with Crippen LogP contribution in [0.25, 0.3) is 0 Å². The number of allylic oxidation sites excluding steroid dienone is 5. The summed E-state index contributed by atoms with van der Waals surface area (Å²) in [4.78, 5) is 4.86. The van der Waals surface area contributed by atoms with Gasteiger partial charge >= 0.3 is 0 Å². The Bertz CT molecular complexity index is 1010.